The highest BCUT2D eigenvalue weighted by atomic mass is 32.2. The first-order valence-corrected chi connectivity index (χ1v) is 10.3. The maximum atomic E-state index is 12.3. The molecule has 1 fully saturated rings. The van der Waals surface area contributed by atoms with E-state index in [2.05, 4.69) is 21.4 Å². The molecule has 0 aliphatic carbocycles. The number of carbonyl (C=O) groups is 1. The van der Waals surface area contributed by atoms with Gasteiger partial charge in [0.2, 0.25) is 0 Å². The van der Waals surface area contributed by atoms with Crippen LogP contribution in [-0.4, -0.2) is 16.1 Å². The molecule has 5 nitrogen and oxygen atoms in total. The quantitative estimate of drug-likeness (QED) is 0.592. The minimum Gasteiger partial charge on any atom is -0.450 e. The molecule has 4 rings (SSSR count). The van der Waals surface area contributed by atoms with Gasteiger partial charge in [0.15, 0.2) is 10.3 Å². The average Bonchev–Trinajstić information content (AvgIpc) is 3.25. The maximum Gasteiger partial charge on any atom is 0.264 e. The van der Waals surface area contributed by atoms with Crippen molar-refractivity contribution in [1.29, 1.82) is 0 Å². The lowest BCUT2D eigenvalue weighted by Gasteiger charge is -2.02. The van der Waals surface area contributed by atoms with Crippen LogP contribution in [0.2, 0.25) is 0 Å². The number of hydrogen-bond donors (Lipinski definition) is 1. The third-order valence-corrected chi connectivity index (χ3v) is 5.72. The maximum absolute atomic E-state index is 12.3. The summed E-state index contributed by atoms with van der Waals surface area (Å²) in [4.78, 5) is 21.7. The van der Waals surface area contributed by atoms with Crippen molar-refractivity contribution in [1.82, 2.24) is 10.3 Å². The van der Waals surface area contributed by atoms with Crippen molar-refractivity contribution in [3.63, 3.8) is 0 Å². The summed E-state index contributed by atoms with van der Waals surface area (Å²) in [6, 6.07) is 15.5. The zero-order valence-corrected chi connectivity index (χ0v) is 16.9. The molecule has 1 aromatic carbocycles. The number of aromatic nitrogens is 1. The van der Waals surface area contributed by atoms with Crippen LogP contribution in [0.1, 0.15) is 16.9 Å². The summed E-state index contributed by atoms with van der Waals surface area (Å²) >= 11 is 2.74. The third kappa shape index (κ3) is 4.37. The lowest BCUT2D eigenvalue weighted by atomic mass is 10.1. The molecule has 7 heteroatoms. The zero-order valence-electron chi connectivity index (χ0n) is 15.3. The molecule has 1 aliphatic rings. The topological polar surface area (TPSA) is 67.5 Å². The Morgan fingerprint density at radius 2 is 2.07 bits per heavy atom. The monoisotopic (exact) mass is 407 g/mol. The first-order chi connectivity index (χ1) is 13.6. The van der Waals surface area contributed by atoms with E-state index >= 15 is 0 Å². The minimum atomic E-state index is -0.177. The highest BCUT2D eigenvalue weighted by Crippen LogP contribution is 2.32. The van der Waals surface area contributed by atoms with Gasteiger partial charge >= 0.3 is 0 Å². The van der Waals surface area contributed by atoms with Crippen LogP contribution in [-0.2, 0) is 4.79 Å². The normalized spacial score (nSPS) is 16.7. The molecule has 2 aromatic heterocycles. The average molecular weight is 408 g/mol. The number of hydrogen-bond acceptors (Lipinski definition) is 6. The van der Waals surface area contributed by atoms with E-state index in [4.69, 9.17) is 4.42 Å². The summed E-state index contributed by atoms with van der Waals surface area (Å²) in [6.45, 7) is 4.05. The van der Waals surface area contributed by atoms with E-state index in [1.165, 1.54) is 29.1 Å². The molecule has 3 aromatic rings. The van der Waals surface area contributed by atoms with E-state index in [1.807, 2.05) is 56.3 Å². The Balaban J connectivity index is 1.50. The van der Waals surface area contributed by atoms with E-state index in [0.29, 0.717) is 15.8 Å². The fourth-order valence-electron chi connectivity index (χ4n) is 2.63. The molecule has 0 saturated carbocycles. The second-order valence-electron chi connectivity index (χ2n) is 6.20. The fourth-order valence-corrected chi connectivity index (χ4v) is 4.18. The Labute approximate surface area is 171 Å². The van der Waals surface area contributed by atoms with Gasteiger partial charge in [-0.1, -0.05) is 23.8 Å². The largest absolute Gasteiger partial charge is 0.450 e. The van der Waals surface area contributed by atoms with Gasteiger partial charge in [0.25, 0.3) is 5.91 Å². The smallest absolute Gasteiger partial charge is 0.264 e. The molecule has 140 valence electrons. The first kappa shape index (κ1) is 18.6. The van der Waals surface area contributed by atoms with E-state index in [-0.39, 0.29) is 5.91 Å². The highest BCUT2D eigenvalue weighted by Gasteiger charge is 2.24. The number of pyridine rings is 1. The van der Waals surface area contributed by atoms with E-state index in [1.54, 1.807) is 12.3 Å². The van der Waals surface area contributed by atoms with Gasteiger partial charge < -0.3 is 9.73 Å². The summed E-state index contributed by atoms with van der Waals surface area (Å²) in [5, 5.41) is 4.95. The summed E-state index contributed by atoms with van der Waals surface area (Å²) < 4.78 is 5.80. The highest BCUT2D eigenvalue weighted by molar-refractivity contribution is 8.18. The summed E-state index contributed by atoms with van der Waals surface area (Å²) in [5.74, 6) is 0.438. The van der Waals surface area contributed by atoms with Crippen LogP contribution in [0.3, 0.4) is 0 Å². The van der Waals surface area contributed by atoms with Crippen LogP contribution in [0.15, 0.2) is 79.2 Å². The van der Waals surface area contributed by atoms with Gasteiger partial charge in [-0.25, -0.2) is 9.98 Å². The van der Waals surface area contributed by atoms with Crippen molar-refractivity contribution >= 4 is 46.4 Å². The second kappa shape index (κ2) is 8.08. The molecule has 1 amide bonds. The standard InChI is InChI=1S/C21H17N3O2S2/c1-13-6-8-16(14(2)11-13)23-21-24-20(25)17(27-21)12-15-7-9-19(26-15)28-18-5-3-4-10-22-18/h3-12H,1-2H3,(H,23,24,25)/b17-12-. The van der Waals surface area contributed by atoms with Crippen molar-refractivity contribution in [2.75, 3.05) is 0 Å². The van der Waals surface area contributed by atoms with Gasteiger partial charge in [0.1, 0.15) is 10.8 Å². The lowest BCUT2D eigenvalue weighted by Crippen LogP contribution is -2.19. The SMILES string of the molecule is Cc1ccc(N=C2NC(=O)/C(=C/c3ccc(Sc4ccccn4)o3)S2)c(C)c1. The molecule has 0 atom stereocenters. The predicted molar refractivity (Wildman–Crippen MR) is 114 cm³/mol. The molecular weight excluding hydrogens is 390 g/mol. The van der Waals surface area contributed by atoms with Crippen molar-refractivity contribution in [2.24, 2.45) is 4.99 Å². The Hall–Kier alpha value is -2.77. The number of aliphatic imine (C=N–C) groups is 1. The van der Waals surface area contributed by atoms with E-state index in [9.17, 15) is 4.79 Å². The minimum absolute atomic E-state index is 0.177. The van der Waals surface area contributed by atoms with Gasteiger partial charge in [-0.2, -0.15) is 0 Å². The molecule has 28 heavy (non-hydrogen) atoms. The van der Waals surface area contributed by atoms with Gasteiger partial charge in [0.05, 0.1) is 10.6 Å². The van der Waals surface area contributed by atoms with E-state index < -0.39 is 0 Å². The number of benzene rings is 1. The molecule has 0 radical (unpaired) electrons. The van der Waals surface area contributed by atoms with Gasteiger partial charge in [-0.3, -0.25) is 4.79 Å². The zero-order chi connectivity index (χ0) is 19.5. The second-order valence-corrected chi connectivity index (χ2v) is 8.25. The summed E-state index contributed by atoms with van der Waals surface area (Å²) in [6.07, 6.45) is 3.47. The predicted octanol–water partition coefficient (Wildman–Crippen LogP) is 5.33. The Morgan fingerprint density at radius 3 is 2.86 bits per heavy atom. The number of amides is 1. The molecule has 3 heterocycles. The van der Waals surface area contributed by atoms with Gasteiger partial charge in [-0.05, 0) is 73.3 Å². The number of aryl methyl sites for hydroxylation is 2. The van der Waals surface area contributed by atoms with Crippen LogP contribution in [0.4, 0.5) is 5.69 Å². The number of rotatable bonds is 4. The number of thioether (sulfide) groups is 1. The van der Waals surface area contributed by atoms with Crippen LogP contribution in [0, 0.1) is 13.8 Å². The fraction of sp³-hybridized carbons (Fsp3) is 0.0952. The molecule has 0 spiro atoms. The summed E-state index contributed by atoms with van der Waals surface area (Å²) in [5.41, 5.74) is 3.10. The number of nitrogens with one attached hydrogen (secondary N) is 1. The number of carbonyl (C=O) groups excluding carboxylic acids is 1. The molecule has 1 N–H and O–H groups in total. The molecule has 0 unspecified atom stereocenters. The van der Waals surface area contributed by atoms with Crippen LogP contribution < -0.4 is 5.32 Å². The van der Waals surface area contributed by atoms with Crippen molar-refractivity contribution in [3.05, 3.63) is 76.5 Å². The third-order valence-electron chi connectivity index (χ3n) is 3.94. The molecule has 1 saturated heterocycles. The lowest BCUT2D eigenvalue weighted by molar-refractivity contribution is -0.115. The molecular formula is C21H17N3O2S2. The van der Waals surface area contributed by atoms with Crippen LogP contribution >= 0.6 is 23.5 Å². The molecule has 0 bridgehead atoms. The Kier molecular flexibility index (Phi) is 5.36. The van der Waals surface area contributed by atoms with Crippen molar-refractivity contribution in [3.8, 4) is 0 Å². The number of amidine groups is 1. The van der Waals surface area contributed by atoms with Crippen molar-refractivity contribution in [2.45, 2.75) is 24.0 Å². The van der Waals surface area contributed by atoms with Gasteiger partial charge in [0, 0.05) is 12.3 Å². The first-order valence-electron chi connectivity index (χ1n) is 8.62. The van der Waals surface area contributed by atoms with Crippen LogP contribution in [0.25, 0.3) is 6.08 Å². The Bertz CT molecular complexity index is 1090. The Morgan fingerprint density at radius 1 is 1.18 bits per heavy atom. The van der Waals surface area contributed by atoms with E-state index in [0.717, 1.165) is 21.4 Å². The molecule has 1 aliphatic heterocycles. The van der Waals surface area contributed by atoms with Crippen molar-refractivity contribution < 1.29 is 9.21 Å². The van der Waals surface area contributed by atoms with Gasteiger partial charge in [-0.15, -0.1) is 0 Å². The van der Waals surface area contributed by atoms with Crippen LogP contribution in [0.5, 0.6) is 0 Å². The number of furan rings is 1. The number of nitrogens with zero attached hydrogens (tertiary/aromatic N) is 2. The summed E-state index contributed by atoms with van der Waals surface area (Å²) in [7, 11) is 0.